The molecule has 16 nitrogen and oxygen atoms in total. The van der Waals surface area contributed by atoms with E-state index in [1.165, 1.54) is 4.90 Å². The number of aromatic nitrogens is 1. The first-order valence-electron chi connectivity index (χ1n) is 17.6. The van der Waals surface area contributed by atoms with Crippen LogP contribution in [0.2, 0.25) is 0 Å². The highest BCUT2D eigenvalue weighted by molar-refractivity contribution is 7.13. The molecule has 53 heavy (non-hydrogen) atoms. The molecular formula is C36H55N5O11S. The number of rotatable bonds is 25. The van der Waals surface area contributed by atoms with Gasteiger partial charge < -0.3 is 55.2 Å². The fourth-order valence-electron chi connectivity index (χ4n) is 5.73. The largest absolute Gasteiger partial charge is 0.391 e. The Kier molecular flexibility index (Phi) is 18.7. The zero-order valence-corrected chi connectivity index (χ0v) is 31.9. The summed E-state index contributed by atoms with van der Waals surface area (Å²) in [6.07, 6.45) is -2.14. The fraction of sp³-hybridized carbons (Fsp3) is 0.639. The van der Waals surface area contributed by atoms with Gasteiger partial charge in [0, 0.05) is 19.5 Å². The summed E-state index contributed by atoms with van der Waals surface area (Å²) in [6.45, 7) is 10.1. The van der Waals surface area contributed by atoms with E-state index in [4.69, 9.17) is 39.9 Å². The minimum atomic E-state index is -1.30. The molecule has 1 fully saturated rings. The van der Waals surface area contributed by atoms with E-state index in [0.29, 0.717) is 39.6 Å². The van der Waals surface area contributed by atoms with Crippen molar-refractivity contribution in [2.75, 3.05) is 79.2 Å². The normalized spacial score (nSPS) is 17.1. The second-order valence-corrected chi connectivity index (χ2v) is 14.4. The Labute approximate surface area is 314 Å². The number of nitrogens with one attached hydrogen (secondary N) is 1. The highest BCUT2D eigenvalue weighted by atomic mass is 32.1. The van der Waals surface area contributed by atoms with Gasteiger partial charge in [-0.2, -0.15) is 0 Å². The number of amides is 4. The van der Waals surface area contributed by atoms with E-state index >= 15 is 0 Å². The summed E-state index contributed by atoms with van der Waals surface area (Å²) in [4.78, 5) is 57.5. The molecule has 296 valence electrons. The smallest absolute Gasteiger partial charge is 0.247 e. The maximum absolute atomic E-state index is 14.1. The molecule has 1 aromatic heterocycles. The second kappa shape index (κ2) is 22.6. The molecule has 0 bridgehead atoms. The Balaban J connectivity index is 1.41. The van der Waals surface area contributed by atoms with Gasteiger partial charge in [0.2, 0.25) is 23.6 Å². The lowest BCUT2D eigenvalue weighted by Gasteiger charge is -2.38. The Morgan fingerprint density at radius 2 is 1.45 bits per heavy atom. The van der Waals surface area contributed by atoms with Crippen LogP contribution in [0, 0.1) is 18.3 Å². The number of ether oxygens (including phenoxy) is 6. The van der Waals surface area contributed by atoms with Gasteiger partial charge in [-0.1, -0.05) is 45.0 Å². The van der Waals surface area contributed by atoms with E-state index < -0.39 is 53.2 Å². The van der Waals surface area contributed by atoms with E-state index in [1.807, 2.05) is 31.2 Å². The van der Waals surface area contributed by atoms with E-state index in [9.17, 15) is 24.3 Å². The van der Waals surface area contributed by atoms with Crippen LogP contribution in [0.25, 0.3) is 10.4 Å². The van der Waals surface area contributed by atoms with Crippen LogP contribution in [0.5, 0.6) is 0 Å². The molecule has 2 aromatic rings. The molecule has 17 heteroatoms. The maximum Gasteiger partial charge on any atom is 0.247 e. The monoisotopic (exact) mass is 765 g/mol. The van der Waals surface area contributed by atoms with Crippen molar-refractivity contribution in [3.05, 3.63) is 41.0 Å². The minimum Gasteiger partial charge on any atom is -0.391 e. The van der Waals surface area contributed by atoms with Crippen molar-refractivity contribution in [3.63, 3.8) is 0 Å². The van der Waals surface area contributed by atoms with Crippen LogP contribution in [0.3, 0.4) is 0 Å². The zero-order chi connectivity index (χ0) is 38.8. The number of nitrogens with two attached hydrogens (primary N) is 2. The van der Waals surface area contributed by atoms with Crippen molar-refractivity contribution in [3.8, 4) is 10.4 Å². The number of nitrogens with zero attached hydrogens (tertiary/aromatic N) is 2. The lowest BCUT2D eigenvalue weighted by Crippen LogP contribution is -2.55. The predicted octanol–water partition coefficient (Wildman–Crippen LogP) is 0.798. The van der Waals surface area contributed by atoms with Crippen LogP contribution in [0.1, 0.15) is 38.4 Å². The molecule has 0 aliphatic carbocycles. The molecule has 0 radical (unpaired) electrons. The lowest BCUT2D eigenvalue weighted by molar-refractivity contribution is -0.158. The van der Waals surface area contributed by atoms with Crippen molar-refractivity contribution in [2.24, 2.45) is 22.8 Å². The number of hydrogen-bond acceptors (Lipinski definition) is 13. The first-order valence-corrected chi connectivity index (χ1v) is 18.5. The lowest BCUT2D eigenvalue weighted by atomic mass is 9.76. The molecule has 1 aromatic carbocycles. The number of β-amino-alcohol motifs (C(OH)–C–C–N with tert-alkyl or cyclic N) is 1. The Morgan fingerprint density at radius 1 is 0.906 bits per heavy atom. The first kappa shape index (κ1) is 43.9. The van der Waals surface area contributed by atoms with Crippen LogP contribution in [-0.2, 0) is 54.1 Å². The van der Waals surface area contributed by atoms with Crippen molar-refractivity contribution in [1.29, 1.82) is 0 Å². The Bertz CT molecular complexity index is 1440. The number of carbonyl (C=O) groups excluding carboxylic acids is 4. The van der Waals surface area contributed by atoms with Gasteiger partial charge in [-0.3, -0.25) is 19.2 Å². The van der Waals surface area contributed by atoms with E-state index in [1.54, 1.807) is 37.6 Å². The van der Waals surface area contributed by atoms with Gasteiger partial charge in [0.15, 0.2) is 0 Å². The third kappa shape index (κ3) is 15.0. The number of aryl methyl sites for hydroxylation is 1. The minimum absolute atomic E-state index is 0.0158. The third-order valence-corrected chi connectivity index (χ3v) is 9.31. The van der Waals surface area contributed by atoms with Crippen molar-refractivity contribution >= 4 is 35.0 Å². The topological polar surface area (TPSA) is 224 Å². The van der Waals surface area contributed by atoms with Gasteiger partial charge in [0.1, 0.15) is 18.8 Å². The van der Waals surface area contributed by atoms with Gasteiger partial charge in [0.05, 0.1) is 94.2 Å². The molecule has 0 spiro atoms. The summed E-state index contributed by atoms with van der Waals surface area (Å²) in [5, 5.41) is 13.4. The number of aliphatic hydroxyl groups is 1. The summed E-state index contributed by atoms with van der Waals surface area (Å²) < 4.78 is 32.6. The Hall–Kier alpha value is -3.55. The fourth-order valence-corrected chi connectivity index (χ4v) is 6.54. The second-order valence-electron chi connectivity index (χ2n) is 13.6. The van der Waals surface area contributed by atoms with Crippen LogP contribution in [0.4, 0.5) is 0 Å². The molecule has 6 N–H and O–H groups in total. The molecule has 1 saturated heterocycles. The summed E-state index contributed by atoms with van der Waals surface area (Å²) in [5.74, 6) is -3.29. The summed E-state index contributed by atoms with van der Waals surface area (Å²) in [5.41, 5.74) is 14.6. The maximum atomic E-state index is 14.1. The van der Waals surface area contributed by atoms with Crippen LogP contribution in [-0.4, -0.2) is 136 Å². The van der Waals surface area contributed by atoms with E-state index in [0.717, 1.165) is 21.7 Å². The average molecular weight is 766 g/mol. The molecule has 0 saturated carbocycles. The molecular weight excluding hydrogens is 710 g/mol. The van der Waals surface area contributed by atoms with Gasteiger partial charge in [0.25, 0.3) is 0 Å². The van der Waals surface area contributed by atoms with Crippen molar-refractivity contribution in [1.82, 2.24) is 15.2 Å². The molecule has 4 atom stereocenters. The number of benzene rings is 1. The molecule has 1 aliphatic heterocycles. The van der Waals surface area contributed by atoms with Crippen LogP contribution >= 0.6 is 11.3 Å². The van der Waals surface area contributed by atoms with Crippen LogP contribution < -0.4 is 16.8 Å². The molecule has 3 rings (SSSR count). The molecule has 2 heterocycles. The number of thiazole rings is 1. The summed E-state index contributed by atoms with van der Waals surface area (Å²) in [6, 6.07) is 6.87. The first-order chi connectivity index (χ1) is 25.3. The van der Waals surface area contributed by atoms with E-state index in [-0.39, 0.29) is 52.5 Å². The van der Waals surface area contributed by atoms with Gasteiger partial charge in [-0.25, -0.2) is 4.98 Å². The molecule has 1 aliphatic rings. The van der Waals surface area contributed by atoms with Gasteiger partial charge in [-0.05, 0) is 23.5 Å². The quantitative estimate of drug-likeness (QED) is 0.103. The van der Waals surface area contributed by atoms with Crippen molar-refractivity contribution < 1.29 is 52.7 Å². The number of likely N-dealkylation sites (tertiary alicyclic amines) is 1. The number of hydrogen-bond donors (Lipinski definition) is 4. The zero-order valence-electron chi connectivity index (χ0n) is 31.1. The molecule has 4 amide bonds. The number of carbonyl (C=O) groups is 4. The number of aliphatic hydroxyl groups excluding tert-OH is 1. The van der Waals surface area contributed by atoms with Crippen LogP contribution in [0.15, 0.2) is 29.8 Å². The Morgan fingerprint density at radius 3 is 1.94 bits per heavy atom. The standard InChI is InChI=1S/C36H55N5O11S/c1-24-32(53-23-40-24)26-7-5-25(6-8-26)20-39-34(45)28-19-27(42)21-41(28)35(46)30(36(2,3)4)31(33(38)44)52-18-17-50-14-13-48-10-9-47-11-12-49-15-16-51-22-29(37)43/h5-8,23,27-28,30-31,42H,9-22H2,1-4H3,(H2,37,43)(H2,38,44)(H,39,45)/t27-,28+,30+,31?/m1/s1. The highest BCUT2D eigenvalue weighted by Crippen LogP contribution is 2.35. The number of primary amides is 2. The van der Waals surface area contributed by atoms with E-state index in [2.05, 4.69) is 10.3 Å². The highest BCUT2D eigenvalue weighted by Gasteiger charge is 2.48. The van der Waals surface area contributed by atoms with Gasteiger partial charge in [-0.15, -0.1) is 11.3 Å². The average Bonchev–Trinajstić information content (AvgIpc) is 3.72. The SMILES string of the molecule is Cc1ncsc1-c1ccc(CNC(=O)[C@@H]2C[C@@H](O)CN2C(=O)[C@H](C(OCCOCCOCCOCCOCCOCC(N)=O)C(N)=O)C(C)(C)C)cc1. The third-order valence-electron chi connectivity index (χ3n) is 8.33. The van der Waals surface area contributed by atoms with Crippen molar-refractivity contribution in [2.45, 2.75) is 58.9 Å². The molecule has 1 unspecified atom stereocenters. The predicted molar refractivity (Wildman–Crippen MR) is 195 cm³/mol. The summed E-state index contributed by atoms with van der Waals surface area (Å²) >= 11 is 1.56. The summed E-state index contributed by atoms with van der Waals surface area (Å²) in [7, 11) is 0. The van der Waals surface area contributed by atoms with Gasteiger partial charge >= 0.3 is 0 Å².